The molecule has 0 aliphatic heterocycles. The number of aromatic nitrogens is 1. The van der Waals surface area contributed by atoms with E-state index in [0.29, 0.717) is 43.3 Å². The zero-order valence-corrected chi connectivity index (χ0v) is 20.7. The lowest BCUT2D eigenvalue weighted by Gasteiger charge is -2.24. The molecule has 0 saturated heterocycles. The molecule has 0 saturated carbocycles. The average Bonchev–Trinajstić information content (AvgIpc) is 2.83. The Hall–Kier alpha value is -3.10. The number of rotatable bonds is 7. The van der Waals surface area contributed by atoms with E-state index in [1.54, 1.807) is 12.3 Å². The maximum Gasteiger partial charge on any atom is 0.417 e. The molecule has 3 aromatic rings. The first-order chi connectivity index (χ1) is 17.1. The van der Waals surface area contributed by atoms with Crippen LogP contribution in [0.5, 0.6) is 11.5 Å². The molecule has 5 nitrogen and oxygen atoms in total. The highest BCUT2D eigenvalue weighted by molar-refractivity contribution is 6.31. The van der Waals surface area contributed by atoms with Crippen LogP contribution in [0, 0.1) is 5.92 Å². The highest BCUT2D eigenvalue weighted by Crippen LogP contribution is 2.37. The van der Waals surface area contributed by atoms with Crippen molar-refractivity contribution in [2.75, 3.05) is 5.32 Å². The summed E-state index contributed by atoms with van der Waals surface area (Å²) in [6.07, 6.45) is -1.12. The van der Waals surface area contributed by atoms with Gasteiger partial charge in [-0.1, -0.05) is 31.5 Å². The number of nitrogens with one attached hydrogen (secondary N) is 2. The van der Waals surface area contributed by atoms with E-state index in [0.717, 1.165) is 29.0 Å². The van der Waals surface area contributed by atoms with Crippen LogP contribution in [0.4, 0.5) is 18.9 Å². The molecule has 2 aromatic carbocycles. The van der Waals surface area contributed by atoms with Crippen LogP contribution < -0.4 is 15.4 Å². The Balaban J connectivity index is 1.43. The molecule has 36 heavy (non-hydrogen) atoms. The first-order valence-electron chi connectivity index (χ1n) is 11.7. The number of ether oxygens (including phenoxy) is 1. The summed E-state index contributed by atoms with van der Waals surface area (Å²) in [5, 5.41) is 5.54. The van der Waals surface area contributed by atoms with Crippen LogP contribution in [0.15, 0.2) is 54.7 Å². The summed E-state index contributed by atoms with van der Waals surface area (Å²) in [4.78, 5) is 17.2. The van der Waals surface area contributed by atoms with E-state index in [9.17, 15) is 18.0 Å². The van der Waals surface area contributed by atoms with Crippen molar-refractivity contribution in [3.05, 3.63) is 82.1 Å². The summed E-state index contributed by atoms with van der Waals surface area (Å²) >= 11 is 5.68. The van der Waals surface area contributed by atoms with Crippen molar-refractivity contribution in [2.24, 2.45) is 5.92 Å². The largest absolute Gasteiger partial charge is 0.457 e. The zero-order chi connectivity index (χ0) is 25.9. The van der Waals surface area contributed by atoms with Gasteiger partial charge in [0.05, 0.1) is 16.3 Å². The van der Waals surface area contributed by atoms with Gasteiger partial charge in [-0.05, 0) is 66.8 Å². The highest BCUT2D eigenvalue weighted by atomic mass is 35.5. The number of pyridine rings is 1. The summed E-state index contributed by atoms with van der Waals surface area (Å²) in [5.74, 6) is 0.626. The van der Waals surface area contributed by atoms with Gasteiger partial charge in [0.1, 0.15) is 11.5 Å². The molecular formula is C27H27ClF3N3O2. The Labute approximate surface area is 213 Å². The predicted molar refractivity (Wildman–Crippen MR) is 133 cm³/mol. The van der Waals surface area contributed by atoms with Crippen molar-refractivity contribution < 1.29 is 22.7 Å². The van der Waals surface area contributed by atoms with Gasteiger partial charge < -0.3 is 15.4 Å². The minimum Gasteiger partial charge on any atom is -0.457 e. The van der Waals surface area contributed by atoms with Crippen LogP contribution in [-0.2, 0) is 30.4 Å². The van der Waals surface area contributed by atoms with Crippen molar-refractivity contribution >= 4 is 23.2 Å². The Bertz CT molecular complexity index is 1250. The standard InChI is InChI=1S/C27H27ClF3N3O2/c1-16(2)33-15-21-13-23(9-10-32-21)36-22-7-5-17-3-4-18(11-19(17)12-22)26(35)34-20-6-8-25(28)24(14-20)27(29,30)31/h5-10,12-14,16,18,33H,3-4,11,15H2,1-2H3,(H,34,35). The third-order valence-electron chi connectivity index (χ3n) is 6.03. The molecule has 0 bridgehead atoms. The van der Waals surface area contributed by atoms with E-state index >= 15 is 0 Å². The Morgan fingerprint density at radius 1 is 1.11 bits per heavy atom. The smallest absolute Gasteiger partial charge is 0.417 e. The maximum atomic E-state index is 13.2. The van der Waals surface area contributed by atoms with Gasteiger partial charge in [0.25, 0.3) is 0 Å². The molecule has 1 amide bonds. The van der Waals surface area contributed by atoms with Crippen molar-refractivity contribution in [2.45, 2.75) is 51.9 Å². The number of alkyl halides is 3. The van der Waals surface area contributed by atoms with Gasteiger partial charge in [0, 0.05) is 36.5 Å². The van der Waals surface area contributed by atoms with E-state index in [2.05, 4.69) is 29.5 Å². The van der Waals surface area contributed by atoms with E-state index < -0.39 is 16.8 Å². The number of fused-ring (bicyclic) bond motifs is 1. The molecule has 1 aromatic heterocycles. The summed E-state index contributed by atoms with van der Waals surface area (Å²) < 4.78 is 45.5. The van der Waals surface area contributed by atoms with Gasteiger partial charge in [-0.3, -0.25) is 9.78 Å². The monoisotopic (exact) mass is 517 g/mol. The van der Waals surface area contributed by atoms with Gasteiger partial charge in [0.2, 0.25) is 5.91 Å². The molecule has 9 heteroatoms. The normalized spacial score (nSPS) is 15.5. The van der Waals surface area contributed by atoms with Gasteiger partial charge in [-0.25, -0.2) is 0 Å². The van der Waals surface area contributed by atoms with Gasteiger partial charge in [-0.15, -0.1) is 0 Å². The Kier molecular flexibility index (Phi) is 7.85. The van der Waals surface area contributed by atoms with Crippen LogP contribution in [0.3, 0.4) is 0 Å². The number of hydrogen-bond acceptors (Lipinski definition) is 4. The second-order valence-electron chi connectivity index (χ2n) is 9.17. The molecular weight excluding hydrogens is 491 g/mol. The molecule has 4 rings (SSSR count). The molecule has 1 atom stereocenters. The molecule has 1 unspecified atom stereocenters. The van der Waals surface area contributed by atoms with Gasteiger partial charge in [-0.2, -0.15) is 13.2 Å². The number of nitrogens with zero attached hydrogens (tertiary/aromatic N) is 1. The predicted octanol–water partition coefficient (Wildman–Crippen LogP) is 6.79. The summed E-state index contributed by atoms with van der Waals surface area (Å²) in [5.41, 5.74) is 2.08. The van der Waals surface area contributed by atoms with E-state index in [4.69, 9.17) is 16.3 Å². The van der Waals surface area contributed by atoms with Crippen LogP contribution in [0.25, 0.3) is 0 Å². The lowest BCUT2D eigenvalue weighted by Crippen LogP contribution is -2.28. The van der Waals surface area contributed by atoms with Gasteiger partial charge >= 0.3 is 6.18 Å². The van der Waals surface area contributed by atoms with Crippen LogP contribution >= 0.6 is 11.6 Å². The van der Waals surface area contributed by atoms with E-state index in [-0.39, 0.29) is 17.5 Å². The fourth-order valence-electron chi connectivity index (χ4n) is 4.15. The first-order valence-corrected chi connectivity index (χ1v) is 12.1. The number of amides is 1. The number of carbonyl (C=O) groups is 1. The van der Waals surface area contributed by atoms with E-state index in [1.807, 2.05) is 24.3 Å². The number of anilines is 1. The highest BCUT2D eigenvalue weighted by Gasteiger charge is 2.34. The summed E-state index contributed by atoms with van der Waals surface area (Å²) in [6, 6.07) is 13.2. The molecule has 0 fully saturated rings. The van der Waals surface area contributed by atoms with Crippen molar-refractivity contribution in [3.8, 4) is 11.5 Å². The third-order valence-corrected chi connectivity index (χ3v) is 6.36. The first kappa shape index (κ1) is 26.0. The lowest BCUT2D eigenvalue weighted by atomic mass is 9.83. The summed E-state index contributed by atoms with van der Waals surface area (Å²) in [6.45, 7) is 4.76. The molecule has 1 heterocycles. The van der Waals surface area contributed by atoms with Crippen molar-refractivity contribution in [1.82, 2.24) is 10.3 Å². The maximum absolute atomic E-state index is 13.2. The van der Waals surface area contributed by atoms with E-state index in [1.165, 1.54) is 6.07 Å². The Morgan fingerprint density at radius 2 is 1.89 bits per heavy atom. The van der Waals surface area contributed by atoms with Gasteiger partial charge in [0.15, 0.2) is 0 Å². The second kappa shape index (κ2) is 10.9. The third kappa shape index (κ3) is 6.56. The second-order valence-corrected chi connectivity index (χ2v) is 9.58. The van der Waals surface area contributed by atoms with Crippen LogP contribution in [0.1, 0.15) is 42.7 Å². The zero-order valence-electron chi connectivity index (χ0n) is 20.0. The summed E-state index contributed by atoms with van der Waals surface area (Å²) in [7, 11) is 0. The number of benzene rings is 2. The molecule has 1 aliphatic rings. The number of aryl methyl sites for hydroxylation is 1. The average molecular weight is 518 g/mol. The molecule has 0 spiro atoms. The van der Waals surface area contributed by atoms with Crippen molar-refractivity contribution in [1.29, 1.82) is 0 Å². The topological polar surface area (TPSA) is 63.2 Å². The molecule has 1 aliphatic carbocycles. The number of halogens is 4. The SMILES string of the molecule is CC(C)NCc1cc(Oc2ccc3c(c2)CC(C(=O)Nc2ccc(Cl)c(C(F)(F)F)c2)CC3)ccn1. The van der Waals surface area contributed by atoms with Crippen molar-refractivity contribution in [3.63, 3.8) is 0 Å². The van der Waals surface area contributed by atoms with Crippen LogP contribution in [0.2, 0.25) is 5.02 Å². The Morgan fingerprint density at radius 3 is 2.64 bits per heavy atom. The molecule has 0 radical (unpaired) electrons. The quantitative estimate of drug-likeness (QED) is 0.362. The number of carbonyl (C=O) groups excluding carboxylic acids is 1. The molecule has 2 N–H and O–H groups in total. The fourth-order valence-corrected chi connectivity index (χ4v) is 4.37. The minimum atomic E-state index is -4.60. The minimum absolute atomic E-state index is 0.0695. The lowest BCUT2D eigenvalue weighted by molar-refractivity contribution is -0.137. The molecule has 190 valence electrons. The van der Waals surface area contributed by atoms with Crippen LogP contribution in [-0.4, -0.2) is 16.9 Å². The fraction of sp³-hybridized carbons (Fsp3) is 0.333. The number of hydrogen-bond donors (Lipinski definition) is 2.